The SMILES string of the molecule is c1ccc(-c2cc(-c3ccccc3)cc(N(c3cccc4c3sc3c(-c5cccc6ccccc56)cccc34)c3cccc4oc5ccccc5c34)c2)cc1. The molecule has 0 spiro atoms. The second-order valence-corrected chi connectivity index (χ2v) is 15.1. The maximum Gasteiger partial charge on any atom is 0.137 e. The number of benzene rings is 9. The Bertz CT molecular complexity index is 3150. The molecule has 0 aliphatic heterocycles. The fourth-order valence-corrected chi connectivity index (χ4v) is 9.67. The summed E-state index contributed by atoms with van der Waals surface area (Å²) in [5.74, 6) is 0. The van der Waals surface area contributed by atoms with Crippen molar-refractivity contribution in [1.82, 2.24) is 0 Å². The summed E-state index contributed by atoms with van der Waals surface area (Å²) in [5.41, 5.74) is 12.2. The van der Waals surface area contributed by atoms with Gasteiger partial charge < -0.3 is 9.32 Å². The molecule has 0 radical (unpaired) electrons. The minimum absolute atomic E-state index is 0.868. The van der Waals surface area contributed by atoms with Crippen LogP contribution in [0.15, 0.2) is 205 Å². The third-order valence-corrected chi connectivity index (χ3v) is 12.1. The average molecular weight is 720 g/mol. The number of nitrogens with zero attached hydrogens (tertiary/aromatic N) is 1. The highest BCUT2D eigenvalue weighted by Crippen LogP contribution is 2.50. The third-order valence-electron chi connectivity index (χ3n) is 10.8. The van der Waals surface area contributed by atoms with Crippen LogP contribution in [0.25, 0.3) is 86.3 Å². The Hall–Kier alpha value is -6.94. The molecule has 0 saturated heterocycles. The van der Waals surface area contributed by atoms with Gasteiger partial charge in [-0.1, -0.05) is 158 Å². The van der Waals surface area contributed by atoms with Crippen LogP contribution in [0.4, 0.5) is 17.1 Å². The number of hydrogen-bond donors (Lipinski definition) is 0. The zero-order chi connectivity index (χ0) is 36.3. The zero-order valence-electron chi connectivity index (χ0n) is 29.8. The first-order chi connectivity index (χ1) is 27.3. The van der Waals surface area contributed by atoms with Crippen molar-refractivity contribution < 1.29 is 4.42 Å². The summed E-state index contributed by atoms with van der Waals surface area (Å²) in [6.07, 6.45) is 0. The van der Waals surface area contributed by atoms with Gasteiger partial charge in [0.25, 0.3) is 0 Å². The van der Waals surface area contributed by atoms with Gasteiger partial charge in [-0.2, -0.15) is 0 Å². The number of hydrogen-bond acceptors (Lipinski definition) is 3. The fourth-order valence-electron chi connectivity index (χ4n) is 8.34. The van der Waals surface area contributed by atoms with E-state index in [1.54, 1.807) is 0 Å². The lowest BCUT2D eigenvalue weighted by Crippen LogP contribution is -2.11. The van der Waals surface area contributed by atoms with Gasteiger partial charge in [0.15, 0.2) is 0 Å². The highest BCUT2D eigenvalue weighted by Gasteiger charge is 2.24. The summed E-state index contributed by atoms with van der Waals surface area (Å²) in [6, 6.07) is 72.2. The zero-order valence-corrected chi connectivity index (χ0v) is 30.6. The van der Waals surface area contributed by atoms with Gasteiger partial charge in [0.1, 0.15) is 11.2 Å². The van der Waals surface area contributed by atoms with E-state index in [4.69, 9.17) is 4.42 Å². The van der Waals surface area contributed by atoms with Crippen molar-refractivity contribution in [2.45, 2.75) is 0 Å². The molecule has 0 saturated carbocycles. The molecular formula is C52H33NOS. The van der Waals surface area contributed by atoms with Gasteiger partial charge >= 0.3 is 0 Å². The normalized spacial score (nSPS) is 11.6. The maximum atomic E-state index is 6.51. The summed E-state index contributed by atoms with van der Waals surface area (Å²) >= 11 is 1.88. The summed E-state index contributed by atoms with van der Waals surface area (Å²) in [7, 11) is 0. The average Bonchev–Trinajstić information content (AvgIpc) is 3.84. The molecule has 0 aliphatic carbocycles. The van der Waals surface area contributed by atoms with Crippen molar-refractivity contribution in [3.05, 3.63) is 200 Å². The van der Waals surface area contributed by atoms with Gasteiger partial charge in [0, 0.05) is 32.1 Å². The lowest BCUT2D eigenvalue weighted by Gasteiger charge is -2.28. The number of anilines is 3. The van der Waals surface area contributed by atoms with Crippen LogP contribution >= 0.6 is 11.3 Å². The van der Waals surface area contributed by atoms with Gasteiger partial charge in [0.05, 0.1) is 21.5 Å². The molecule has 0 fully saturated rings. The number of para-hydroxylation sites is 1. The second-order valence-electron chi connectivity index (χ2n) is 14.0. The minimum Gasteiger partial charge on any atom is -0.456 e. The molecule has 0 unspecified atom stereocenters. The van der Waals surface area contributed by atoms with Crippen LogP contribution in [0.2, 0.25) is 0 Å². The monoisotopic (exact) mass is 719 g/mol. The van der Waals surface area contributed by atoms with Gasteiger partial charge in [-0.3, -0.25) is 0 Å². The molecule has 0 N–H and O–H groups in total. The van der Waals surface area contributed by atoms with Crippen molar-refractivity contribution in [3.8, 4) is 33.4 Å². The summed E-state index contributed by atoms with van der Waals surface area (Å²) < 4.78 is 9.04. The van der Waals surface area contributed by atoms with Crippen LogP contribution in [0.1, 0.15) is 0 Å². The predicted octanol–water partition coefficient (Wildman–Crippen LogP) is 15.6. The molecule has 11 aromatic rings. The molecule has 11 rings (SSSR count). The van der Waals surface area contributed by atoms with Crippen LogP contribution in [-0.2, 0) is 0 Å². The first kappa shape index (κ1) is 31.6. The van der Waals surface area contributed by atoms with Crippen molar-refractivity contribution in [1.29, 1.82) is 0 Å². The Kier molecular flexibility index (Phi) is 7.39. The Morgan fingerprint density at radius 1 is 0.364 bits per heavy atom. The van der Waals surface area contributed by atoms with Gasteiger partial charge in [-0.05, 0) is 81.1 Å². The van der Waals surface area contributed by atoms with Gasteiger partial charge in [0.2, 0.25) is 0 Å². The lowest BCUT2D eigenvalue weighted by molar-refractivity contribution is 0.669. The van der Waals surface area contributed by atoms with Crippen molar-refractivity contribution in [3.63, 3.8) is 0 Å². The Morgan fingerprint density at radius 2 is 0.909 bits per heavy atom. The standard InChI is InChI=1S/C52H33NOS/c1-3-15-34(16-4-1)37-31-38(35-17-5-2-6-18-35)33-39(32-37)53(46-27-14-30-49-50(46)45-22-9-10-29-48(45)54-49)47-28-13-26-44-43-25-12-24-42(51(43)55-52(44)47)41-23-11-20-36-19-7-8-21-40(36)41/h1-33H. The molecule has 0 aliphatic rings. The smallest absolute Gasteiger partial charge is 0.137 e. The summed E-state index contributed by atoms with van der Waals surface area (Å²) in [6.45, 7) is 0. The number of rotatable bonds is 6. The fraction of sp³-hybridized carbons (Fsp3) is 0. The van der Waals surface area contributed by atoms with E-state index < -0.39 is 0 Å². The van der Waals surface area contributed by atoms with E-state index in [1.807, 2.05) is 17.4 Å². The van der Waals surface area contributed by atoms with Crippen LogP contribution in [0.5, 0.6) is 0 Å². The molecule has 55 heavy (non-hydrogen) atoms. The molecular weight excluding hydrogens is 687 g/mol. The van der Waals surface area contributed by atoms with E-state index in [9.17, 15) is 0 Å². The predicted molar refractivity (Wildman–Crippen MR) is 235 cm³/mol. The highest BCUT2D eigenvalue weighted by atomic mass is 32.1. The van der Waals surface area contributed by atoms with Crippen molar-refractivity contribution >= 4 is 81.3 Å². The molecule has 2 heterocycles. The van der Waals surface area contributed by atoms with Crippen molar-refractivity contribution in [2.75, 3.05) is 4.90 Å². The Balaban J connectivity index is 1.23. The molecule has 9 aromatic carbocycles. The topological polar surface area (TPSA) is 16.4 Å². The molecule has 2 aromatic heterocycles. The lowest BCUT2D eigenvalue weighted by atomic mass is 9.96. The molecule has 3 heteroatoms. The Morgan fingerprint density at radius 3 is 1.69 bits per heavy atom. The van der Waals surface area contributed by atoms with E-state index >= 15 is 0 Å². The summed E-state index contributed by atoms with van der Waals surface area (Å²) in [4.78, 5) is 2.47. The molecule has 2 nitrogen and oxygen atoms in total. The van der Waals surface area contributed by atoms with Crippen LogP contribution in [0.3, 0.4) is 0 Å². The number of furan rings is 1. The number of fused-ring (bicyclic) bond motifs is 7. The highest BCUT2D eigenvalue weighted by molar-refractivity contribution is 7.27. The van der Waals surface area contributed by atoms with Crippen LogP contribution in [0, 0.1) is 0 Å². The minimum atomic E-state index is 0.868. The van der Waals surface area contributed by atoms with E-state index in [2.05, 4.69) is 199 Å². The van der Waals surface area contributed by atoms with E-state index in [1.165, 1.54) is 53.2 Å². The molecule has 258 valence electrons. The second kappa shape index (κ2) is 12.9. The van der Waals surface area contributed by atoms with E-state index in [0.717, 1.165) is 50.1 Å². The third kappa shape index (κ3) is 5.24. The first-order valence-electron chi connectivity index (χ1n) is 18.7. The van der Waals surface area contributed by atoms with Crippen molar-refractivity contribution in [2.24, 2.45) is 0 Å². The van der Waals surface area contributed by atoms with Crippen LogP contribution in [-0.4, -0.2) is 0 Å². The van der Waals surface area contributed by atoms with Crippen LogP contribution < -0.4 is 4.90 Å². The van der Waals surface area contributed by atoms with Gasteiger partial charge in [-0.15, -0.1) is 11.3 Å². The molecule has 0 amide bonds. The largest absolute Gasteiger partial charge is 0.456 e. The van der Waals surface area contributed by atoms with E-state index in [-0.39, 0.29) is 0 Å². The van der Waals surface area contributed by atoms with E-state index in [0.29, 0.717) is 0 Å². The summed E-state index contributed by atoms with van der Waals surface area (Å²) in [5, 5.41) is 7.22. The Labute approximate surface area is 322 Å². The first-order valence-corrected chi connectivity index (χ1v) is 19.5. The molecule has 0 atom stereocenters. The molecule has 0 bridgehead atoms. The number of thiophene rings is 1. The maximum absolute atomic E-state index is 6.51. The van der Waals surface area contributed by atoms with Gasteiger partial charge in [-0.25, -0.2) is 0 Å². The quantitative estimate of drug-likeness (QED) is 0.170.